The summed E-state index contributed by atoms with van der Waals surface area (Å²) in [4.78, 5) is 14.0. The van der Waals surface area contributed by atoms with Crippen LogP contribution in [0.2, 0.25) is 0 Å². The number of carbonyl (C=O) groups is 1. The molecule has 1 aromatic heterocycles. The minimum absolute atomic E-state index is 0.144. The monoisotopic (exact) mass is 381 g/mol. The Bertz CT molecular complexity index is 656. The van der Waals surface area contributed by atoms with Gasteiger partial charge in [-0.1, -0.05) is 23.9 Å². The first-order chi connectivity index (χ1) is 10.7. The lowest BCUT2D eigenvalue weighted by molar-refractivity contribution is -0.129. The summed E-state index contributed by atoms with van der Waals surface area (Å²) in [6.07, 6.45) is 3.42. The smallest absolute Gasteiger partial charge is 0.277 e. The van der Waals surface area contributed by atoms with Crippen LogP contribution in [0.4, 0.5) is 0 Å². The molecular weight excluding hydrogens is 366 g/mol. The molecule has 1 aliphatic heterocycles. The van der Waals surface area contributed by atoms with E-state index in [9.17, 15) is 4.79 Å². The second-order valence-electron chi connectivity index (χ2n) is 5.08. The number of amides is 1. The normalized spacial score (nSPS) is 15.0. The highest BCUT2D eigenvalue weighted by molar-refractivity contribution is 9.10. The average Bonchev–Trinajstić information content (AvgIpc) is 3.02. The Balaban J connectivity index is 1.60. The standard InChI is InChI=1S/C15H16BrN3O2S/c16-12-7-3-2-6-11(12)14-17-18-15(21-14)22-10-13(20)19-8-4-1-5-9-19/h2-3,6-7H,1,4-5,8-10H2. The molecule has 116 valence electrons. The third-order valence-corrected chi connectivity index (χ3v) is 5.03. The van der Waals surface area contributed by atoms with E-state index in [2.05, 4.69) is 26.1 Å². The topological polar surface area (TPSA) is 59.2 Å². The highest BCUT2D eigenvalue weighted by Crippen LogP contribution is 2.29. The van der Waals surface area contributed by atoms with E-state index in [4.69, 9.17) is 4.42 Å². The summed E-state index contributed by atoms with van der Waals surface area (Å²) in [6.45, 7) is 1.73. The fourth-order valence-corrected chi connectivity index (χ4v) is 3.49. The van der Waals surface area contributed by atoms with E-state index in [0.717, 1.165) is 36.0 Å². The lowest BCUT2D eigenvalue weighted by Crippen LogP contribution is -2.36. The van der Waals surface area contributed by atoms with E-state index >= 15 is 0 Å². The third kappa shape index (κ3) is 3.70. The van der Waals surface area contributed by atoms with Gasteiger partial charge in [-0.3, -0.25) is 4.79 Å². The van der Waals surface area contributed by atoms with E-state index in [1.54, 1.807) is 0 Å². The molecule has 0 saturated carbocycles. The molecule has 0 spiro atoms. The number of rotatable bonds is 4. The number of halogens is 1. The number of hydrogen-bond donors (Lipinski definition) is 0. The Morgan fingerprint density at radius 1 is 1.23 bits per heavy atom. The summed E-state index contributed by atoms with van der Waals surface area (Å²) in [5.41, 5.74) is 0.851. The molecule has 0 radical (unpaired) electrons. The van der Waals surface area contributed by atoms with Gasteiger partial charge in [0.2, 0.25) is 11.8 Å². The van der Waals surface area contributed by atoms with Crippen LogP contribution in [0.25, 0.3) is 11.5 Å². The van der Waals surface area contributed by atoms with Gasteiger partial charge in [-0.15, -0.1) is 10.2 Å². The van der Waals surface area contributed by atoms with Crippen molar-refractivity contribution in [2.45, 2.75) is 24.5 Å². The van der Waals surface area contributed by atoms with Crippen LogP contribution in [0.3, 0.4) is 0 Å². The van der Waals surface area contributed by atoms with E-state index < -0.39 is 0 Å². The average molecular weight is 382 g/mol. The Hall–Kier alpha value is -1.34. The molecule has 0 bridgehead atoms. The van der Waals surface area contributed by atoms with Crippen molar-refractivity contribution in [1.82, 2.24) is 15.1 Å². The summed E-state index contributed by atoms with van der Waals surface area (Å²) < 4.78 is 6.53. The Labute approximate surface area is 141 Å². The maximum Gasteiger partial charge on any atom is 0.277 e. The van der Waals surface area contributed by atoms with Crippen molar-refractivity contribution in [3.63, 3.8) is 0 Å². The molecule has 1 aliphatic rings. The largest absolute Gasteiger partial charge is 0.411 e. The second kappa shape index (κ2) is 7.28. The van der Waals surface area contributed by atoms with Gasteiger partial charge in [-0.25, -0.2) is 0 Å². The van der Waals surface area contributed by atoms with Gasteiger partial charge in [0, 0.05) is 17.6 Å². The number of likely N-dealkylation sites (tertiary alicyclic amines) is 1. The van der Waals surface area contributed by atoms with Crippen LogP contribution in [-0.4, -0.2) is 39.8 Å². The van der Waals surface area contributed by atoms with Crippen LogP contribution in [-0.2, 0) is 4.79 Å². The van der Waals surface area contributed by atoms with Crippen molar-refractivity contribution in [3.8, 4) is 11.5 Å². The Kier molecular flexibility index (Phi) is 5.15. The van der Waals surface area contributed by atoms with Crippen molar-refractivity contribution in [1.29, 1.82) is 0 Å². The van der Waals surface area contributed by atoms with E-state index in [1.807, 2.05) is 29.2 Å². The van der Waals surface area contributed by atoms with Crippen LogP contribution in [0.15, 0.2) is 38.4 Å². The molecule has 1 amide bonds. The maximum atomic E-state index is 12.1. The van der Waals surface area contributed by atoms with Crippen LogP contribution in [0.5, 0.6) is 0 Å². The molecule has 5 nitrogen and oxygen atoms in total. The SMILES string of the molecule is O=C(CSc1nnc(-c2ccccc2Br)o1)N1CCCCC1. The highest BCUT2D eigenvalue weighted by Gasteiger charge is 2.18. The summed E-state index contributed by atoms with van der Waals surface area (Å²) >= 11 is 4.76. The van der Waals surface area contributed by atoms with Crippen LogP contribution in [0, 0.1) is 0 Å². The number of piperidine rings is 1. The zero-order valence-electron chi connectivity index (χ0n) is 12.0. The fourth-order valence-electron chi connectivity index (χ4n) is 2.37. The predicted octanol–water partition coefficient (Wildman–Crippen LogP) is 3.60. The van der Waals surface area contributed by atoms with Crippen LogP contribution < -0.4 is 0 Å². The van der Waals surface area contributed by atoms with Crippen molar-refractivity contribution in [3.05, 3.63) is 28.7 Å². The van der Waals surface area contributed by atoms with Gasteiger partial charge < -0.3 is 9.32 Å². The molecule has 0 N–H and O–H groups in total. The zero-order valence-corrected chi connectivity index (χ0v) is 14.4. The molecule has 2 heterocycles. The molecule has 0 aliphatic carbocycles. The number of nitrogens with zero attached hydrogens (tertiary/aromatic N) is 3. The van der Waals surface area contributed by atoms with Crippen LogP contribution >= 0.6 is 27.7 Å². The molecule has 0 atom stereocenters. The number of aromatic nitrogens is 2. The Morgan fingerprint density at radius 3 is 2.77 bits per heavy atom. The van der Waals surface area contributed by atoms with Crippen molar-refractivity contribution in [2.75, 3.05) is 18.8 Å². The quantitative estimate of drug-likeness (QED) is 0.757. The second-order valence-corrected chi connectivity index (χ2v) is 6.86. The first-order valence-corrected chi connectivity index (χ1v) is 9.01. The van der Waals surface area contributed by atoms with Crippen molar-refractivity contribution < 1.29 is 9.21 Å². The van der Waals surface area contributed by atoms with Gasteiger partial charge in [0.25, 0.3) is 5.22 Å². The minimum Gasteiger partial charge on any atom is -0.411 e. The maximum absolute atomic E-state index is 12.1. The predicted molar refractivity (Wildman–Crippen MR) is 88.6 cm³/mol. The number of hydrogen-bond acceptors (Lipinski definition) is 5. The number of benzene rings is 1. The first-order valence-electron chi connectivity index (χ1n) is 7.23. The van der Waals surface area contributed by atoms with Crippen molar-refractivity contribution >= 4 is 33.6 Å². The summed E-state index contributed by atoms with van der Waals surface area (Å²) in [6, 6.07) is 7.67. The molecule has 1 saturated heterocycles. The fraction of sp³-hybridized carbons (Fsp3) is 0.400. The lowest BCUT2D eigenvalue weighted by Gasteiger charge is -2.26. The van der Waals surface area contributed by atoms with Crippen LogP contribution in [0.1, 0.15) is 19.3 Å². The van der Waals surface area contributed by atoms with Gasteiger partial charge >= 0.3 is 0 Å². The van der Waals surface area contributed by atoms with E-state index in [0.29, 0.717) is 16.9 Å². The molecular formula is C15H16BrN3O2S. The summed E-state index contributed by atoms with van der Waals surface area (Å²) in [5, 5.41) is 8.48. The van der Waals surface area contributed by atoms with Gasteiger partial charge in [-0.05, 0) is 47.3 Å². The molecule has 1 fully saturated rings. The summed E-state index contributed by atoms with van der Waals surface area (Å²) in [7, 11) is 0. The molecule has 3 rings (SSSR count). The van der Waals surface area contributed by atoms with Gasteiger partial charge in [-0.2, -0.15) is 0 Å². The Morgan fingerprint density at radius 2 is 2.00 bits per heavy atom. The van der Waals surface area contributed by atoms with Gasteiger partial charge in [0.1, 0.15) is 0 Å². The van der Waals surface area contributed by atoms with Crippen molar-refractivity contribution in [2.24, 2.45) is 0 Å². The molecule has 22 heavy (non-hydrogen) atoms. The van der Waals surface area contributed by atoms with Gasteiger partial charge in [0.05, 0.1) is 11.3 Å². The highest BCUT2D eigenvalue weighted by atomic mass is 79.9. The minimum atomic E-state index is 0.144. The molecule has 0 unspecified atom stereocenters. The molecule has 1 aromatic carbocycles. The molecule has 7 heteroatoms. The first kappa shape index (κ1) is 15.6. The molecule has 2 aromatic rings. The lowest BCUT2D eigenvalue weighted by atomic mass is 10.1. The van der Waals surface area contributed by atoms with Gasteiger partial charge in [0.15, 0.2) is 0 Å². The number of carbonyl (C=O) groups excluding carboxylic acids is 1. The van der Waals surface area contributed by atoms with E-state index in [-0.39, 0.29) is 5.91 Å². The summed E-state index contributed by atoms with van der Waals surface area (Å²) in [5.74, 6) is 0.947. The third-order valence-electron chi connectivity index (χ3n) is 3.54. The van der Waals surface area contributed by atoms with E-state index in [1.165, 1.54) is 18.2 Å². The zero-order chi connectivity index (χ0) is 15.4. The number of thioether (sulfide) groups is 1.